The number of furan rings is 1. The fourth-order valence-electron chi connectivity index (χ4n) is 9.22. The van der Waals surface area contributed by atoms with Crippen LogP contribution >= 0.6 is 0 Å². The highest BCUT2D eigenvalue weighted by molar-refractivity contribution is 6.21. The minimum Gasteiger partial charge on any atom is -0.454 e. The van der Waals surface area contributed by atoms with Crippen LogP contribution in [0.4, 0.5) is 0 Å². The van der Waals surface area contributed by atoms with E-state index in [4.69, 9.17) is 19.4 Å². The number of benzene rings is 8. The highest BCUT2D eigenvalue weighted by atomic mass is 16.3. The normalized spacial score (nSPS) is 12.1. The number of hydrogen-bond donors (Lipinski definition) is 0. The van der Waals surface area contributed by atoms with Crippen LogP contribution in [-0.4, -0.2) is 28.7 Å². The lowest BCUT2D eigenvalue weighted by Gasteiger charge is -2.14. The second-order valence-corrected chi connectivity index (χ2v) is 14.8. The predicted octanol–water partition coefficient (Wildman–Crippen LogP) is 12.7. The number of para-hydroxylation sites is 5. The van der Waals surface area contributed by atoms with Crippen LogP contribution in [0.5, 0.6) is 0 Å². The van der Waals surface area contributed by atoms with Gasteiger partial charge in [-0.3, -0.25) is 13.7 Å². The molecule has 0 unspecified atom stereocenters. The topological polar surface area (TPSA) is 66.6 Å². The molecule has 7 nitrogen and oxygen atoms in total. The van der Waals surface area contributed by atoms with Gasteiger partial charge in [-0.1, -0.05) is 140 Å². The SMILES string of the molecule is c1ccc(-c2ccc3c4ccccc4n(-c4nc(-n5c6ccccc6c6ccccc65)nc(-n5c6ccccc6c6ccc7c8ccccc8oc7c65)n4)c3c2)cc1. The van der Waals surface area contributed by atoms with Gasteiger partial charge in [-0.25, -0.2) is 0 Å². The van der Waals surface area contributed by atoms with E-state index in [2.05, 4.69) is 184 Å². The van der Waals surface area contributed by atoms with Gasteiger partial charge in [-0.2, -0.15) is 15.0 Å². The van der Waals surface area contributed by atoms with E-state index in [0.29, 0.717) is 17.8 Å². The highest BCUT2D eigenvalue weighted by Crippen LogP contribution is 2.41. The van der Waals surface area contributed by atoms with Gasteiger partial charge in [0.25, 0.3) is 0 Å². The molecule has 0 saturated carbocycles. The van der Waals surface area contributed by atoms with Crippen LogP contribution in [0.15, 0.2) is 186 Å². The molecule has 8 aromatic carbocycles. The van der Waals surface area contributed by atoms with Crippen LogP contribution < -0.4 is 0 Å². The first-order chi connectivity index (χ1) is 28.8. The van der Waals surface area contributed by atoms with Gasteiger partial charge in [0.2, 0.25) is 17.8 Å². The van der Waals surface area contributed by atoms with Gasteiger partial charge in [0.15, 0.2) is 5.58 Å². The molecule has 0 amide bonds. The van der Waals surface area contributed by atoms with Crippen molar-refractivity contribution in [1.82, 2.24) is 28.7 Å². The predicted molar refractivity (Wildman–Crippen MR) is 236 cm³/mol. The van der Waals surface area contributed by atoms with Crippen molar-refractivity contribution in [2.24, 2.45) is 0 Å². The number of rotatable bonds is 4. The molecule has 58 heavy (non-hydrogen) atoms. The Bertz CT molecular complexity index is 3760. The maximum atomic E-state index is 6.75. The fourth-order valence-corrected chi connectivity index (χ4v) is 9.22. The third kappa shape index (κ3) is 4.30. The van der Waals surface area contributed by atoms with Gasteiger partial charge < -0.3 is 4.42 Å². The molecule has 270 valence electrons. The second kappa shape index (κ2) is 11.7. The first-order valence-electron chi connectivity index (χ1n) is 19.5. The molecule has 7 heteroatoms. The Balaban J connectivity index is 1.20. The number of fused-ring (bicyclic) bond motifs is 13. The summed E-state index contributed by atoms with van der Waals surface area (Å²) < 4.78 is 13.3. The maximum Gasteiger partial charge on any atom is 0.241 e. The Hall–Kier alpha value is -8.03. The van der Waals surface area contributed by atoms with Crippen molar-refractivity contribution in [1.29, 1.82) is 0 Å². The molecule has 0 saturated heterocycles. The number of hydrogen-bond acceptors (Lipinski definition) is 4. The molecule has 0 bridgehead atoms. The van der Waals surface area contributed by atoms with Gasteiger partial charge in [0, 0.05) is 43.1 Å². The van der Waals surface area contributed by atoms with E-state index >= 15 is 0 Å². The number of nitrogens with zero attached hydrogens (tertiary/aromatic N) is 6. The summed E-state index contributed by atoms with van der Waals surface area (Å²) in [6.45, 7) is 0. The van der Waals surface area contributed by atoms with E-state index in [1.807, 2.05) is 12.1 Å². The summed E-state index contributed by atoms with van der Waals surface area (Å²) in [5.74, 6) is 1.53. The minimum absolute atomic E-state index is 0.492. The monoisotopic (exact) mass is 742 g/mol. The second-order valence-electron chi connectivity index (χ2n) is 14.8. The summed E-state index contributed by atoms with van der Waals surface area (Å²) >= 11 is 0. The lowest BCUT2D eigenvalue weighted by atomic mass is 10.0. The summed E-state index contributed by atoms with van der Waals surface area (Å²) in [6.07, 6.45) is 0. The standard InChI is InChI=1S/C51H30N6O/c1-2-14-31(15-3-1)32-26-27-37-35-18-6-11-23-43(35)56(45(37)30-32)50-52-49(55-41-21-9-4-16-33(41)34-17-5-10-22-42(34)55)53-51(54-50)57-44-24-12-7-19-36(44)39-28-29-40-38-20-8-13-25-46(38)58-48(40)47(39)57/h1-30H. The largest absolute Gasteiger partial charge is 0.454 e. The van der Waals surface area contributed by atoms with Crippen molar-refractivity contribution in [3.05, 3.63) is 182 Å². The minimum atomic E-state index is 0.492. The van der Waals surface area contributed by atoms with Crippen LogP contribution in [0.25, 0.3) is 116 Å². The van der Waals surface area contributed by atoms with Crippen molar-refractivity contribution < 1.29 is 4.42 Å². The summed E-state index contributed by atoms with van der Waals surface area (Å²) in [4.78, 5) is 16.4. The van der Waals surface area contributed by atoms with Gasteiger partial charge in [-0.15, -0.1) is 0 Å². The van der Waals surface area contributed by atoms with Crippen LogP contribution in [0.3, 0.4) is 0 Å². The van der Waals surface area contributed by atoms with Crippen LogP contribution in [-0.2, 0) is 0 Å². The van der Waals surface area contributed by atoms with Crippen molar-refractivity contribution in [3.63, 3.8) is 0 Å². The maximum absolute atomic E-state index is 6.75. The van der Waals surface area contributed by atoms with E-state index in [1.54, 1.807) is 0 Å². The molecular weight excluding hydrogens is 713 g/mol. The molecule has 0 atom stereocenters. The van der Waals surface area contributed by atoms with E-state index in [0.717, 1.165) is 98.5 Å². The summed E-state index contributed by atoms with van der Waals surface area (Å²) in [6, 6.07) is 63.7. The Morgan fingerprint density at radius 3 is 1.36 bits per heavy atom. The van der Waals surface area contributed by atoms with Crippen molar-refractivity contribution in [2.45, 2.75) is 0 Å². The van der Waals surface area contributed by atoms with E-state index in [-0.39, 0.29) is 0 Å². The molecule has 0 spiro atoms. The van der Waals surface area contributed by atoms with Crippen molar-refractivity contribution in [3.8, 4) is 29.0 Å². The zero-order valence-corrected chi connectivity index (χ0v) is 30.9. The quantitative estimate of drug-likeness (QED) is 0.180. The highest BCUT2D eigenvalue weighted by Gasteiger charge is 2.24. The van der Waals surface area contributed by atoms with Gasteiger partial charge in [0.1, 0.15) is 11.1 Å². The first-order valence-corrected chi connectivity index (χ1v) is 19.5. The summed E-state index contributed by atoms with van der Waals surface area (Å²) in [5, 5.41) is 8.77. The molecule has 0 aliphatic rings. The Labute approximate surface area is 330 Å². The van der Waals surface area contributed by atoms with Crippen molar-refractivity contribution in [2.75, 3.05) is 0 Å². The zero-order chi connectivity index (χ0) is 37.9. The van der Waals surface area contributed by atoms with Crippen LogP contribution in [0.2, 0.25) is 0 Å². The van der Waals surface area contributed by atoms with Crippen LogP contribution in [0, 0.1) is 0 Å². The van der Waals surface area contributed by atoms with Crippen LogP contribution in [0.1, 0.15) is 0 Å². The van der Waals surface area contributed by atoms with E-state index in [1.165, 1.54) is 0 Å². The first kappa shape index (κ1) is 31.2. The molecule has 5 heterocycles. The summed E-state index contributed by atoms with van der Waals surface area (Å²) in [5.41, 5.74) is 9.82. The lowest BCUT2D eigenvalue weighted by molar-refractivity contribution is 0.670. The Morgan fingerprint density at radius 2 is 0.741 bits per heavy atom. The van der Waals surface area contributed by atoms with Gasteiger partial charge in [0.05, 0.1) is 27.6 Å². The Morgan fingerprint density at radius 1 is 0.310 bits per heavy atom. The lowest BCUT2D eigenvalue weighted by Crippen LogP contribution is -2.13. The molecule has 0 N–H and O–H groups in total. The smallest absolute Gasteiger partial charge is 0.241 e. The van der Waals surface area contributed by atoms with Gasteiger partial charge in [-0.05, 0) is 53.6 Å². The molecular formula is C51H30N6O. The average Bonchev–Trinajstić information content (AvgIpc) is 4.03. The third-order valence-electron chi connectivity index (χ3n) is 11.7. The summed E-state index contributed by atoms with van der Waals surface area (Å²) in [7, 11) is 0. The molecule has 5 aromatic heterocycles. The fraction of sp³-hybridized carbons (Fsp3) is 0. The van der Waals surface area contributed by atoms with Gasteiger partial charge >= 0.3 is 0 Å². The molecule has 13 aromatic rings. The molecule has 13 rings (SSSR count). The molecule has 0 fully saturated rings. The third-order valence-corrected chi connectivity index (χ3v) is 11.7. The van der Waals surface area contributed by atoms with E-state index < -0.39 is 0 Å². The molecule has 0 aliphatic carbocycles. The van der Waals surface area contributed by atoms with E-state index in [9.17, 15) is 0 Å². The zero-order valence-electron chi connectivity index (χ0n) is 30.9. The van der Waals surface area contributed by atoms with Crippen molar-refractivity contribution >= 4 is 87.4 Å². The Kier molecular flexibility index (Phi) is 6.32. The molecule has 0 aliphatic heterocycles. The molecule has 0 radical (unpaired) electrons. The number of aromatic nitrogens is 6. The average molecular weight is 743 g/mol.